The fourth-order valence-electron chi connectivity index (χ4n) is 3.50. The minimum atomic E-state index is -3.61. The van der Waals surface area contributed by atoms with Gasteiger partial charge in [-0.25, -0.2) is 13.2 Å². The zero-order valence-corrected chi connectivity index (χ0v) is 19.4. The fraction of sp³-hybridized carbons (Fsp3) is 0.391. The molecule has 0 unspecified atom stereocenters. The van der Waals surface area contributed by atoms with E-state index in [1.54, 1.807) is 48.2 Å². The molecule has 172 valence electrons. The van der Waals surface area contributed by atoms with Gasteiger partial charge in [0.15, 0.2) is 0 Å². The molecule has 0 bridgehead atoms. The molecule has 2 aromatic carbocycles. The molecular weight excluding hydrogens is 430 g/mol. The van der Waals surface area contributed by atoms with Crippen molar-refractivity contribution in [1.82, 2.24) is 9.21 Å². The van der Waals surface area contributed by atoms with Crippen molar-refractivity contribution in [3.63, 3.8) is 0 Å². The van der Waals surface area contributed by atoms with Gasteiger partial charge >= 0.3 is 6.09 Å². The fourth-order valence-corrected chi connectivity index (χ4v) is 4.93. The first-order chi connectivity index (χ1) is 15.2. The third-order valence-electron chi connectivity index (χ3n) is 5.34. The van der Waals surface area contributed by atoms with Gasteiger partial charge in [0.25, 0.3) is 5.91 Å². The summed E-state index contributed by atoms with van der Waals surface area (Å²) in [6.45, 7) is 7.10. The summed E-state index contributed by atoms with van der Waals surface area (Å²) < 4.78 is 32.2. The van der Waals surface area contributed by atoms with Crippen LogP contribution in [0.3, 0.4) is 0 Å². The van der Waals surface area contributed by atoms with Crippen LogP contribution < -0.4 is 5.32 Å². The summed E-state index contributed by atoms with van der Waals surface area (Å²) >= 11 is 0. The van der Waals surface area contributed by atoms with Gasteiger partial charge in [-0.05, 0) is 48.7 Å². The lowest BCUT2D eigenvalue weighted by Gasteiger charge is -2.34. The quantitative estimate of drug-likeness (QED) is 0.713. The Morgan fingerprint density at radius 3 is 2.28 bits per heavy atom. The Hall–Kier alpha value is -2.91. The van der Waals surface area contributed by atoms with Crippen LogP contribution in [-0.2, 0) is 14.8 Å². The first-order valence-corrected chi connectivity index (χ1v) is 12.1. The van der Waals surface area contributed by atoms with Gasteiger partial charge in [0.05, 0.1) is 11.5 Å². The van der Waals surface area contributed by atoms with Crippen LogP contribution in [-0.4, -0.2) is 62.4 Å². The van der Waals surface area contributed by atoms with E-state index in [2.05, 4.69) is 19.2 Å². The molecule has 9 heteroatoms. The van der Waals surface area contributed by atoms with Crippen molar-refractivity contribution in [2.75, 3.05) is 38.1 Å². The predicted molar refractivity (Wildman–Crippen MR) is 122 cm³/mol. The number of sulfonamides is 1. The molecule has 0 saturated carbocycles. The number of piperazine rings is 1. The van der Waals surface area contributed by atoms with Crippen molar-refractivity contribution in [2.45, 2.75) is 31.6 Å². The lowest BCUT2D eigenvalue weighted by molar-refractivity contribution is 0.0698. The number of carbonyl (C=O) groups is 2. The number of rotatable bonds is 6. The lowest BCUT2D eigenvalue weighted by Crippen LogP contribution is -2.50. The van der Waals surface area contributed by atoms with Gasteiger partial charge in [-0.3, -0.25) is 10.1 Å². The number of hydrogen-bond acceptors (Lipinski definition) is 5. The van der Waals surface area contributed by atoms with Crippen molar-refractivity contribution >= 4 is 27.7 Å². The normalized spacial score (nSPS) is 14.9. The summed E-state index contributed by atoms with van der Waals surface area (Å²) in [5.74, 6) is 0.114. The Balaban J connectivity index is 1.64. The van der Waals surface area contributed by atoms with Crippen LogP contribution in [0.5, 0.6) is 0 Å². The van der Waals surface area contributed by atoms with E-state index in [1.807, 2.05) is 12.1 Å². The van der Waals surface area contributed by atoms with Crippen LogP contribution in [0.1, 0.15) is 42.6 Å². The smallest absolute Gasteiger partial charge is 0.411 e. The van der Waals surface area contributed by atoms with Gasteiger partial charge in [0.1, 0.15) is 0 Å². The highest BCUT2D eigenvalue weighted by Gasteiger charge is 2.30. The Morgan fingerprint density at radius 1 is 1.03 bits per heavy atom. The van der Waals surface area contributed by atoms with E-state index in [0.29, 0.717) is 17.2 Å². The number of nitrogens with zero attached hydrogens (tertiary/aromatic N) is 2. The molecule has 0 aromatic heterocycles. The van der Waals surface area contributed by atoms with Crippen LogP contribution in [0.4, 0.5) is 10.5 Å². The standard InChI is InChI=1S/C23H29N3O5S/c1-4-31-23(28)24-20-7-5-6-19(16-20)22(27)25-12-14-26(15-13-25)32(29,30)21-10-8-18(9-11-21)17(2)3/h5-11,16-17H,4,12-15H2,1-3H3,(H,24,28). The van der Waals surface area contributed by atoms with E-state index in [1.165, 1.54) is 4.31 Å². The second kappa shape index (κ2) is 10.1. The Bertz CT molecular complexity index is 1060. The van der Waals surface area contributed by atoms with Crippen molar-refractivity contribution in [3.05, 3.63) is 59.7 Å². The van der Waals surface area contributed by atoms with E-state index < -0.39 is 16.1 Å². The van der Waals surface area contributed by atoms with Gasteiger partial charge in [-0.15, -0.1) is 0 Å². The van der Waals surface area contributed by atoms with Gasteiger partial charge < -0.3 is 9.64 Å². The van der Waals surface area contributed by atoms with E-state index in [0.717, 1.165) is 5.56 Å². The first kappa shape index (κ1) is 23.7. The van der Waals surface area contributed by atoms with E-state index in [-0.39, 0.29) is 43.6 Å². The summed E-state index contributed by atoms with van der Waals surface area (Å²) in [6.07, 6.45) is -0.586. The van der Waals surface area contributed by atoms with Crippen LogP contribution in [0.25, 0.3) is 0 Å². The summed E-state index contributed by atoms with van der Waals surface area (Å²) in [4.78, 5) is 26.4. The Labute approximate surface area is 189 Å². The molecule has 1 saturated heterocycles. The highest BCUT2D eigenvalue weighted by molar-refractivity contribution is 7.89. The van der Waals surface area contributed by atoms with Gasteiger partial charge in [-0.1, -0.05) is 32.0 Å². The zero-order chi connectivity index (χ0) is 23.3. The number of hydrogen-bond donors (Lipinski definition) is 1. The number of nitrogens with one attached hydrogen (secondary N) is 1. The molecular formula is C23H29N3O5S. The van der Waals surface area contributed by atoms with Crippen LogP contribution in [0.15, 0.2) is 53.4 Å². The van der Waals surface area contributed by atoms with Crippen molar-refractivity contribution in [2.24, 2.45) is 0 Å². The molecule has 1 N–H and O–H groups in total. The maximum Gasteiger partial charge on any atom is 0.411 e. The third kappa shape index (κ3) is 5.46. The molecule has 0 aliphatic carbocycles. The Morgan fingerprint density at radius 2 is 1.69 bits per heavy atom. The molecule has 0 spiro atoms. The van der Waals surface area contributed by atoms with Gasteiger partial charge in [-0.2, -0.15) is 4.31 Å². The molecule has 0 radical (unpaired) electrons. The minimum Gasteiger partial charge on any atom is -0.450 e. The molecule has 1 heterocycles. The van der Waals surface area contributed by atoms with E-state index in [9.17, 15) is 18.0 Å². The topological polar surface area (TPSA) is 96.0 Å². The van der Waals surface area contributed by atoms with Crippen LogP contribution in [0, 0.1) is 0 Å². The Kier molecular flexibility index (Phi) is 7.52. The van der Waals surface area contributed by atoms with Crippen molar-refractivity contribution in [1.29, 1.82) is 0 Å². The number of ether oxygens (including phenoxy) is 1. The molecule has 3 rings (SSSR count). The maximum absolute atomic E-state index is 13.0. The molecule has 32 heavy (non-hydrogen) atoms. The van der Waals surface area contributed by atoms with Crippen molar-refractivity contribution in [3.8, 4) is 0 Å². The van der Waals surface area contributed by atoms with Gasteiger partial charge in [0.2, 0.25) is 10.0 Å². The maximum atomic E-state index is 13.0. The SMILES string of the molecule is CCOC(=O)Nc1cccc(C(=O)N2CCN(S(=O)(=O)c3ccc(C(C)C)cc3)CC2)c1. The zero-order valence-electron chi connectivity index (χ0n) is 18.6. The first-order valence-electron chi connectivity index (χ1n) is 10.7. The predicted octanol–water partition coefficient (Wildman–Crippen LogP) is 3.53. The third-order valence-corrected chi connectivity index (χ3v) is 7.25. The summed E-state index contributed by atoms with van der Waals surface area (Å²) in [7, 11) is -3.61. The van der Waals surface area contributed by atoms with E-state index in [4.69, 9.17) is 4.74 Å². The highest BCUT2D eigenvalue weighted by atomic mass is 32.2. The monoisotopic (exact) mass is 459 g/mol. The van der Waals surface area contributed by atoms with Crippen LogP contribution >= 0.6 is 0 Å². The average molecular weight is 460 g/mol. The summed E-state index contributed by atoms with van der Waals surface area (Å²) in [5.41, 5.74) is 1.96. The molecule has 0 atom stereocenters. The number of carbonyl (C=O) groups excluding carboxylic acids is 2. The largest absolute Gasteiger partial charge is 0.450 e. The molecule has 1 aliphatic rings. The van der Waals surface area contributed by atoms with Gasteiger partial charge in [0, 0.05) is 37.4 Å². The summed E-state index contributed by atoms with van der Waals surface area (Å²) in [5, 5.41) is 2.58. The molecule has 2 aromatic rings. The second-order valence-corrected chi connectivity index (χ2v) is 9.78. The highest BCUT2D eigenvalue weighted by Crippen LogP contribution is 2.22. The lowest BCUT2D eigenvalue weighted by atomic mass is 10.0. The number of benzene rings is 2. The van der Waals surface area contributed by atoms with E-state index >= 15 is 0 Å². The number of anilines is 1. The summed E-state index contributed by atoms with van der Waals surface area (Å²) in [6, 6.07) is 13.6. The molecule has 1 aliphatic heterocycles. The molecule has 2 amide bonds. The molecule has 8 nitrogen and oxygen atoms in total. The molecule has 1 fully saturated rings. The van der Waals surface area contributed by atoms with Crippen molar-refractivity contribution < 1.29 is 22.7 Å². The average Bonchev–Trinajstić information content (AvgIpc) is 2.79. The minimum absolute atomic E-state index is 0.212. The number of amides is 2. The second-order valence-electron chi connectivity index (χ2n) is 7.85. The van der Waals surface area contributed by atoms with Crippen LogP contribution in [0.2, 0.25) is 0 Å².